The van der Waals surface area contributed by atoms with Crippen molar-refractivity contribution in [2.24, 2.45) is 0 Å². The topological polar surface area (TPSA) is 77.8 Å². The third-order valence-corrected chi connectivity index (χ3v) is 5.33. The molecule has 1 unspecified atom stereocenters. The number of carbonyl (C=O) groups is 2. The number of Topliss-reactive ketones (excluding diaryl/α,β-unsaturated/α-hetero) is 1. The average molecular weight is 417 g/mol. The number of aliphatic hydroxyl groups excluding tert-OH is 1. The number of aliphatic hydroxyl groups is 1. The number of hydrogen-bond acceptors (Lipinski definition) is 4. The molecule has 4 rings (SSSR count). The molecule has 1 aliphatic heterocycles. The van der Waals surface area contributed by atoms with E-state index in [0.717, 1.165) is 10.5 Å². The van der Waals surface area contributed by atoms with Gasteiger partial charge in [-0.05, 0) is 30.2 Å². The number of hydrogen-bond donors (Lipinski definition) is 2. The molecule has 2 N–H and O–H groups in total. The molecule has 3 aromatic rings. The van der Waals surface area contributed by atoms with Gasteiger partial charge in [0.1, 0.15) is 11.6 Å². The lowest BCUT2D eigenvalue weighted by atomic mass is 9.92. The molecule has 0 bridgehead atoms. The van der Waals surface area contributed by atoms with Crippen molar-refractivity contribution in [3.8, 4) is 5.75 Å². The molecular formula is C25H20FNO4. The van der Waals surface area contributed by atoms with E-state index >= 15 is 0 Å². The van der Waals surface area contributed by atoms with Crippen LogP contribution in [0.3, 0.4) is 0 Å². The number of phenols is 1. The van der Waals surface area contributed by atoms with Gasteiger partial charge < -0.3 is 10.2 Å². The van der Waals surface area contributed by atoms with Crippen LogP contribution < -0.4 is 4.90 Å². The number of phenolic OH excluding ortho intramolecular Hbond substituents is 1. The Labute approximate surface area is 178 Å². The van der Waals surface area contributed by atoms with E-state index in [0.29, 0.717) is 6.42 Å². The van der Waals surface area contributed by atoms with E-state index in [4.69, 9.17) is 0 Å². The van der Waals surface area contributed by atoms with Gasteiger partial charge in [0.25, 0.3) is 5.91 Å². The quantitative estimate of drug-likeness (QED) is 0.613. The van der Waals surface area contributed by atoms with E-state index in [9.17, 15) is 24.2 Å². The van der Waals surface area contributed by atoms with Gasteiger partial charge in [0.05, 0.1) is 17.3 Å². The number of carbonyl (C=O) groups excluding carboxylic acids is 2. The third kappa shape index (κ3) is 3.80. The van der Waals surface area contributed by atoms with Gasteiger partial charge in [-0.15, -0.1) is 0 Å². The van der Waals surface area contributed by atoms with Crippen LogP contribution in [0, 0.1) is 5.82 Å². The first kappa shape index (κ1) is 20.3. The van der Waals surface area contributed by atoms with Gasteiger partial charge in [-0.25, -0.2) is 4.39 Å². The molecule has 0 aliphatic carbocycles. The molecule has 1 amide bonds. The number of benzene rings is 3. The van der Waals surface area contributed by atoms with Gasteiger partial charge in [-0.2, -0.15) is 0 Å². The van der Waals surface area contributed by atoms with Gasteiger partial charge in [0.15, 0.2) is 11.5 Å². The summed E-state index contributed by atoms with van der Waals surface area (Å²) in [5.74, 6) is -2.89. The Bertz CT molecular complexity index is 1170. The van der Waals surface area contributed by atoms with Gasteiger partial charge in [0.2, 0.25) is 0 Å². The van der Waals surface area contributed by atoms with Crippen LogP contribution in [0.5, 0.6) is 5.75 Å². The second-order valence-corrected chi connectivity index (χ2v) is 7.26. The summed E-state index contributed by atoms with van der Waals surface area (Å²) in [5.41, 5.74) is 0.902. The standard InChI is InChI=1S/C25H20FNO4/c26-18-11-5-4-10-17(18)23-22(21(29)15-14-16-8-2-1-3-9-16)24(30)25(31)27(23)19-12-6-7-13-20(19)28/h1-13,23,28,30H,14-15H2. The molecule has 1 atom stereocenters. The SMILES string of the molecule is O=C(CCc1ccccc1)C1=C(O)C(=O)N(c2ccccc2O)C1c1ccccc1F. The van der Waals surface area contributed by atoms with Crippen molar-refractivity contribution in [3.63, 3.8) is 0 Å². The Hall–Kier alpha value is -3.93. The lowest BCUT2D eigenvalue weighted by Gasteiger charge is -2.27. The number of aromatic hydroxyl groups is 1. The molecule has 0 radical (unpaired) electrons. The van der Waals surface area contributed by atoms with Crippen molar-refractivity contribution in [3.05, 3.63) is 107 Å². The van der Waals surface area contributed by atoms with E-state index in [1.54, 1.807) is 18.2 Å². The van der Waals surface area contributed by atoms with Crippen LogP contribution in [0.1, 0.15) is 23.6 Å². The van der Waals surface area contributed by atoms with E-state index in [-0.39, 0.29) is 29.0 Å². The van der Waals surface area contributed by atoms with E-state index in [2.05, 4.69) is 0 Å². The normalized spacial score (nSPS) is 16.1. The molecule has 0 aromatic heterocycles. The van der Waals surface area contributed by atoms with Gasteiger partial charge in [0, 0.05) is 12.0 Å². The fraction of sp³-hybridized carbons (Fsp3) is 0.120. The number of amides is 1. The molecule has 0 spiro atoms. The fourth-order valence-corrected chi connectivity index (χ4v) is 3.83. The Balaban J connectivity index is 1.77. The lowest BCUT2D eigenvalue weighted by molar-refractivity contribution is -0.118. The Kier molecular flexibility index (Phi) is 5.54. The van der Waals surface area contributed by atoms with Crippen LogP contribution in [0.2, 0.25) is 0 Å². The first-order valence-electron chi connectivity index (χ1n) is 9.85. The summed E-state index contributed by atoms with van der Waals surface area (Å²) in [6.07, 6.45) is 0.446. The number of ketones is 1. The summed E-state index contributed by atoms with van der Waals surface area (Å²) in [5, 5.41) is 20.9. The van der Waals surface area contributed by atoms with Crippen LogP contribution in [-0.2, 0) is 16.0 Å². The van der Waals surface area contributed by atoms with Crippen molar-refractivity contribution in [1.29, 1.82) is 0 Å². The van der Waals surface area contributed by atoms with Crippen molar-refractivity contribution in [2.45, 2.75) is 18.9 Å². The highest BCUT2D eigenvalue weighted by atomic mass is 19.1. The molecular weight excluding hydrogens is 397 g/mol. The molecule has 0 saturated carbocycles. The predicted molar refractivity (Wildman–Crippen MR) is 114 cm³/mol. The summed E-state index contributed by atoms with van der Waals surface area (Å²) in [6.45, 7) is 0. The zero-order chi connectivity index (χ0) is 22.0. The van der Waals surface area contributed by atoms with Crippen LogP contribution in [0.25, 0.3) is 0 Å². The molecule has 0 saturated heterocycles. The van der Waals surface area contributed by atoms with Crippen LogP contribution >= 0.6 is 0 Å². The molecule has 31 heavy (non-hydrogen) atoms. The highest BCUT2D eigenvalue weighted by Gasteiger charge is 2.45. The molecule has 1 heterocycles. The first-order valence-corrected chi connectivity index (χ1v) is 9.85. The maximum Gasteiger partial charge on any atom is 0.294 e. The summed E-state index contributed by atoms with van der Waals surface area (Å²) in [7, 11) is 0. The molecule has 6 heteroatoms. The second kappa shape index (κ2) is 8.44. The third-order valence-electron chi connectivity index (χ3n) is 5.33. The number of aryl methyl sites for hydroxylation is 1. The van der Waals surface area contributed by atoms with Crippen LogP contribution in [0.15, 0.2) is 90.2 Å². The smallest absolute Gasteiger partial charge is 0.294 e. The van der Waals surface area contributed by atoms with Crippen molar-refractivity contribution < 1.29 is 24.2 Å². The Morgan fingerprint density at radius 3 is 2.26 bits per heavy atom. The number of nitrogens with zero attached hydrogens (tertiary/aromatic N) is 1. The first-order chi connectivity index (χ1) is 15.0. The minimum Gasteiger partial charge on any atom is -0.506 e. The van der Waals surface area contributed by atoms with Crippen molar-refractivity contribution in [1.82, 2.24) is 0 Å². The maximum absolute atomic E-state index is 14.8. The lowest BCUT2D eigenvalue weighted by Crippen LogP contribution is -2.31. The summed E-state index contributed by atoms with van der Waals surface area (Å²) < 4.78 is 14.8. The number of anilines is 1. The van der Waals surface area contributed by atoms with Crippen molar-refractivity contribution in [2.75, 3.05) is 4.90 Å². The molecule has 5 nitrogen and oxygen atoms in total. The summed E-state index contributed by atoms with van der Waals surface area (Å²) in [4.78, 5) is 27.2. The number of halogens is 1. The van der Waals surface area contributed by atoms with Gasteiger partial charge in [-0.3, -0.25) is 14.5 Å². The molecule has 156 valence electrons. The van der Waals surface area contributed by atoms with E-state index in [1.807, 2.05) is 30.3 Å². The molecule has 1 aliphatic rings. The average Bonchev–Trinajstić information content (AvgIpc) is 3.04. The highest BCUT2D eigenvalue weighted by Crippen LogP contribution is 2.44. The fourth-order valence-electron chi connectivity index (χ4n) is 3.83. The minimum absolute atomic E-state index is 0.0379. The van der Waals surface area contributed by atoms with E-state index < -0.39 is 29.3 Å². The van der Waals surface area contributed by atoms with Crippen LogP contribution in [-0.4, -0.2) is 21.9 Å². The maximum atomic E-state index is 14.8. The summed E-state index contributed by atoms with van der Waals surface area (Å²) in [6, 6.07) is 20.0. The van der Waals surface area contributed by atoms with Crippen molar-refractivity contribution >= 4 is 17.4 Å². The van der Waals surface area contributed by atoms with Crippen LogP contribution in [0.4, 0.5) is 10.1 Å². The van der Waals surface area contributed by atoms with Gasteiger partial charge in [-0.1, -0.05) is 60.7 Å². The molecule has 3 aromatic carbocycles. The Morgan fingerprint density at radius 1 is 0.903 bits per heavy atom. The largest absolute Gasteiger partial charge is 0.506 e. The minimum atomic E-state index is -1.19. The van der Waals surface area contributed by atoms with E-state index in [1.165, 1.54) is 30.3 Å². The Morgan fingerprint density at radius 2 is 1.55 bits per heavy atom. The predicted octanol–water partition coefficient (Wildman–Crippen LogP) is 4.63. The van der Waals surface area contributed by atoms with Gasteiger partial charge >= 0.3 is 0 Å². The molecule has 0 fully saturated rings. The highest BCUT2D eigenvalue weighted by molar-refractivity contribution is 6.17. The number of rotatable bonds is 6. The summed E-state index contributed by atoms with van der Waals surface area (Å²) >= 11 is 0. The number of para-hydroxylation sites is 2. The zero-order valence-corrected chi connectivity index (χ0v) is 16.5. The second-order valence-electron chi connectivity index (χ2n) is 7.26. The zero-order valence-electron chi connectivity index (χ0n) is 16.5. The monoisotopic (exact) mass is 417 g/mol.